The van der Waals surface area contributed by atoms with Crippen LogP contribution in [0.3, 0.4) is 0 Å². The zero-order valence-corrected chi connectivity index (χ0v) is 13.7. The van der Waals surface area contributed by atoms with Crippen molar-refractivity contribution in [3.05, 3.63) is 61.1 Å². The van der Waals surface area contributed by atoms with Crippen LogP contribution >= 0.6 is 0 Å². The van der Waals surface area contributed by atoms with Crippen LogP contribution < -0.4 is 15.5 Å². The lowest BCUT2D eigenvalue weighted by Crippen LogP contribution is -2.39. The van der Waals surface area contributed by atoms with Gasteiger partial charge in [0.25, 0.3) is 0 Å². The average Bonchev–Trinajstić information content (AvgIpc) is 3.10. The maximum atomic E-state index is 12.1. The highest BCUT2D eigenvalue weighted by atomic mass is 16.2. The van der Waals surface area contributed by atoms with E-state index in [-0.39, 0.29) is 12.1 Å². The van der Waals surface area contributed by atoms with E-state index in [0.29, 0.717) is 5.82 Å². The van der Waals surface area contributed by atoms with Crippen LogP contribution in [0, 0.1) is 0 Å². The van der Waals surface area contributed by atoms with Crippen molar-refractivity contribution < 1.29 is 4.79 Å². The maximum absolute atomic E-state index is 12.1. The second-order valence-corrected chi connectivity index (χ2v) is 6.12. The van der Waals surface area contributed by atoms with E-state index in [9.17, 15) is 4.79 Å². The summed E-state index contributed by atoms with van der Waals surface area (Å²) in [4.78, 5) is 22.4. The Morgan fingerprint density at radius 2 is 2.00 bits per heavy atom. The number of nitrogens with zero attached hydrogens (tertiary/aromatic N) is 3. The van der Waals surface area contributed by atoms with Crippen molar-refractivity contribution in [3.63, 3.8) is 0 Å². The minimum atomic E-state index is -0.245. The number of carbonyl (C=O) groups excluding carboxylic acids is 1. The summed E-state index contributed by atoms with van der Waals surface area (Å²) in [6.45, 7) is 1.71. The fraction of sp³-hybridized carbons (Fsp3) is 0.211. The minimum absolute atomic E-state index is 0.107. The molecule has 0 bridgehead atoms. The average molecular weight is 333 g/mol. The summed E-state index contributed by atoms with van der Waals surface area (Å²) in [6.07, 6.45) is 5.56. The lowest BCUT2D eigenvalue weighted by molar-refractivity contribution is 0.249. The third kappa shape index (κ3) is 3.38. The first kappa shape index (κ1) is 15.4. The molecule has 0 spiro atoms. The van der Waals surface area contributed by atoms with Crippen LogP contribution in [0.2, 0.25) is 0 Å². The molecule has 1 unspecified atom stereocenters. The van der Waals surface area contributed by atoms with Crippen molar-refractivity contribution in [2.75, 3.05) is 23.3 Å². The Labute approximate surface area is 145 Å². The Morgan fingerprint density at radius 3 is 2.88 bits per heavy atom. The molecule has 2 heterocycles. The van der Waals surface area contributed by atoms with Crippen molar-refractivity contribution in [3.8, 4) is 0 Å². The third-order valence-electron chi connectivity index (χ3n) is 4.44. The number of anilines is 2. The Hall–Kier alpha value is -3.15. The van der Waals surface area contributed by atoms with Gasteiger partial charge in [0.2, 0.25) is 0 Å². The molecule has 3 aromatic rings. The topological polar surface area (TPSA) is 70.1 Å². The van der Waals surface area contributed by atoms with E-state index < -0.39 is 0 Å². The molecule has 2 amide bonds. The van der Waals surface area contributed by atoms with Crippen molar-refractivity contribution in [2.24, 2.45) is 0 Å². The number of nitrogens with one attached hydrogen (secondary N) is 2. The molecular formula is C19H19N5O. The molecule has 25 heavy (non-hydrogen) atoms. The molecule has 0 aliphatic carbocycles. The van der Waals surface area contributed by atoms with E-state index in [2.05, 4.69) is 68.0 Å². The largest absolute Gasteiger partial charge is 0.369 e. The molecule has 6 heteroatoms. The van der Waals surface area contributed by atoms with Gasteiger partial charge in [0.15, 0.2) is 5.82 Å². The lowest BCUT2D eigenvalue weighted by atomic mass is 10.1. The molecule has 6 nitrogen and oxygen atoms in total. The van der Waals surface area contributed by atoms with Crippen LogP contribution in [-0.4, -0.2) is 35.1 Å². The first-order valence-corrected chi connectivity index (χ1v) is 8.36. The summed E-state index contributed by atoms with van der Waals surface area (Å²) in [5.74, 6) is 0.448. The standard InChI is InChI=1S/C19H19N5O/c25-19(23-18-12-20-9-10-21-18)22-15-8-11-24(13-15)17-7-3-5-14-4-1-2-6-16(14)17/h1-7,9-10,12,15H,8,11,13H2,(H2,21,22,23,25). The number of aromatic nitrogens is 2. The van der Waals surface area contributed by atoms with E-state index in [1.807, 2.05) is 0 Å². The van der Waals surface area contributed by atoms with Crippen molar-refractivity contribution in [1.29, 1.82) is 0 Å². The molecule has 1 fully saturated rings. The van der Waals surface area contributed by atoms with Gasteiger partial charge in [0, 0.05) is 42.6 Å². The van der Waals surface area contributed by atoms with E-state index in [0.717, 1.165) is 19.5 Å². The first-order chi connectivity index (χ1) is 12.3. The Morgan fingerprint density at radius 1 is 1.12 bits per heavy atom. The van der Waals surface area contributed by atoms with Crippen LogP contribution in [0.25, 0.3) is 10.8 Å². The number of amides is 2. The van der Waals surface area contributed by atoms with Crippen LogP contribution in [0.15, 0.2) is 61.1 Å². The molecule has 2 aromatic carbocycles. The highest BCUT2D eigenvalue weighted by molar-refractivity contribution is 5.94. The smallest absolute Gasteiger partial charge is 0.320 e. The van der Waals surface area contributed by atoms with E-state index in [1.165, 1.54) is 22.7 Å². The normalized spacial score (nSPS) is 16.8. The number of rotatable bonds is 3. The number of hydrogen-bond donors (Lipinski definition) is 2. The quantitative estimate of drug-likeness (QED) is 0.773. The minimum Gasteiger partial charge on any atom is -0.369 e. The molecule has 0 saturated carbocycles. The first-order valence-electron chi connectivity index (χ1n) is 8.36. The molecule has 1 aliphatic rings. The fourth-order valence-electron chi connectivity index (χ4n) is 3.28. The van der Waals surface area contributed by atoms with Crippen molar-refractivity contribution >= 4 is 28.3 Å². The summed E-state index contributed by atoms with van der Waals surface area (Å²) in [5.41, 5.74) is 1.22. The second kappa shape index (κ2) is 6.76. The number of urea groups is 1. The second-order valence-electron chi connectivity index (χ2n) is 6.12. The van der Waals surface area contributed by atoms with Gasteiger partial charge in [0.05, 0.1) is 6.20 Å². The molecule has 1 atom stereocenters. The molecule has 1 aromatic heterocycles. The van der Waals surface area contributed by atoms with Crippen LogP contribution in [0.5, 0.6) is 0 Å². The van der Waals surface area contributed by atoms with Gasteiger partial charge in [-0.15, -0.1) is 0 Å². The number of carbonyl (C=O) groups is 1. The highest BCUT2D eigenvalue weighted by Crippen LogP contribution is 2.29. The van der Waals surface area contributed by atoms with Crippen molar-refractivity contribution in [1.82, 2.24) is 15.3 Å². The van der Waals surface area contributed by atoms with Gasteiger partial charge in [-0.1, -0.05) is 36.4 Å². The summed E-state index contributed by atoms with van der Waals surface area (Å²) in [6, 6.07) is 14.6. The van der Waals surface area contributed by atoms with Gasteiger partial charge >= 0.3 is 6.03 Å². The Kier molecular flexibility index (Phi) is 4.16. The Balaban J connectivity index is 1.42. The van der Waals surface area contributed by atoms with Gasteiger partial charge in [-0.3, -0.25) is 10.3 Å². The summed E-state index contributed by atoms with van der Waals surface area (Å²) in [7, 11) is 0. The van der Waals surface area contributed by atoms with Crippen molar-refractivity contribution in [2.45, 2.75) is 12.5 Å². The molecule has 4 rings (SSSR count). The van der Waals surface area contributed by atoms with E-state index in [4.69, 9.17) is 0 Å². The zero-order valence-electron chi connectivity index (χ0n) is 13.7. The third-order valence-corrected chi connectivity index (χ3v) is 4.44. The number of benzene rings is 2. The summed E-state index contributed by atoms with van der Waals surface area (Å²) < 4.78 is 0. The van der Waals surface area contributed by atoms with Gasteiger partial charge in [-0.25, -0.2) is 9.78 Å². The molecule has 1 saturated heterocycles. The van der Waals surface area contributed by atoms with Gasteiger partial charge in [-0.05, 0) is 17.9 Å². The van der Waals surface area contributed by atoms with Crippen LogP contribution in [0.4, 0.5) is 16.3 Å². The Bertz CT molecular complexity index is 878. The lowest BCUT2D eigenvalue weighted by Gasteiger charge is -2.21. The predicted molar refractivity (Wildman–Crippen MR) is 98.8 cm³/mol. The molecule has 2 N–H and O–H groups in total. The maximum Gasteiger partial charge on any atom is 0.320 e. The molecular weight excluding hydrogens is 314 g/mol. The monoisotopic (exact) mass is 333 g/mol. The van der Waals surface area contributed by atoms with Gasteiger partial charge < -0.3 is 10.2 Å². The van der Waals surface area contributed by atoms with Crippen LogP contribution in [0.1, 0.15) is 6.42 Å². The fourth-order valence-corrected chi connectivity index (χ4v) is 3.28. The summed E-state index contributed by atoms with van der Waals surface area (Å²) in [5, 5.41) is 8.20. The van der Waals surface area contributed by atoms with Gasteiger partial charge in [0.1, 0.15) is 0 Å². The molecule has 1 aliphatic heterocycles. The predicted octanol–water partition coefficient (Wildman–Crippen LogP) is 3.03. The SMILES string of the molecule is O=C(Nc1cnccn1)NC1CCN(c2cccc3ccccc23)C1. The van der Waals surface area contributed by atoms with E-state index >= 15 is 0 Å². The summed E-state index contributed by atoms with van der Waals surface area (Å²) >= 11 is 0. The zero-order chi connectivity index (χ0) is 17.1. The number of hydrogen-bond acceptors (Lipinski definition) is 4. The van der Waals surface area contributed by atoms with Crippen LogP contribution in [-0.2, 0) is 0 Å². The highest BCUT2D eigenvalue weighted by Gasteiger charge is 2.25. The molecule has 126 valence electrons. The number of fused-ring (bicyclic) bond motifs is 1. The molecule has 0 radical (unpaired) electrons. The van der Waals surface area contributed by atoms with E-state index in [1.54, 1.807) is 12.4 Å². The van der Waals surface area contributed by atoms with Gasteiger partial charge in [-0.2, -0.15) is 0 Å².